The number of nitrogens with one attached hydrogen (secondary N) is 1. The first-order valence-corrected chi connectivity index (χ1v) is 8.84. The molecule has 0 aromatic carbocycles. The Morgan fingerprint density at radius 2 is 2.09 bits per heavy atom. The zero-order valence-corrected chi connectivity index (χ0v) is 15.4. The molecule has 0 saturated heterocycles. The van der Waals surface area contributed by atoms with E-state index in [0.29, 0.717) is 30.4 Å². The molecule has 7 heteroatoms. The van der Waals surface area contributed by atoms with Crippen LogP contribution in [0.1, 0.15) is 52.5 Å². The molecule has 0 radical (unpaired) electrons. The molecule has 1 aromatic rings. The van der Waals surface area contributed by atoms with Crippen LogP contribution in [0.25, 0.3) is 0 Å². The molecule has 132 valence electrons. The Labute approximate surface area is 141 Å². The van der Waals surface area contributed by atoms with Crippen LogP contribution in [0.3, 0.4) is 0 Å². The average Bonchev–Trinajstić information content (AvgIpc) is 2.54. The van der Waals surface area contributed by atoms with Crippen molar-refractivity contribution in [2.75, 3.05) is 6.61 Å². The van der Waals surface area contributed by atoms with Crippen LogP contribution in [0, 0.1) is 18.8 Å². The van der Waals surface area contributed by atoms with Crippen molar-refractivity contribution in [2.45, 2.75) is 59.4 Å². The molecule has 0 bridgehead atoms. The van der Waals surface area contributed by atoms with Gasteiger partial charge in [0.1, 0.15) is 0 Å². The lowest BCUT2D eigenvalue weighted by molar-refractivity contribution is 0.0703. The maximum Gasteiger partial charge on any atom is 0.328 e. The van der Waals surface area contributed by atoms with E-state index in [1.807, 2.05) is 13.8 Å². The standard InChI is InChI=1S/C14H22N2O4S.C2H6/c1-9-7-16(13(18)15-12(9)17)14(3)6-11(8-20-21-19)5-4-10(14)2;1-2/h7,10-11,19H,4-6,8H2,1-3H3,(H,15,17,18);1-2H3. The Hall–Kier alpha value is -1.05. The molecular formula is C16H28N2O4S. The first-order valence-electron chi connectivity index (χ1n) is 8.14. The molecule has 1 aliphatic rings. The third kappa shape index (κ3) is 4.49. The van der Waals surface area contributed by atoms with Crippen LogP contribution >= 0.6 is 12.3 Å². The Balaban J connectivity index is 0.00000127. The largest absolute Gasteiger partial charge is 0.328 e. The van der Waals surface area contributed by atoms with Crippen LogP contribution in [-0.2, 0) is 9.72 Å². The number of aromatic amines is 1. The van der Waals surface area contributed by atoms with Gasteiger partial charge in [0.25, 0.3) is 5.56 Å². The van der Waals surface area contributed by atoms with Crippen molar-refractivity contribution < 1.29 is 8.74 Å². The van der Waals surface area contributed by atoms with Crippen molar-refractivity contribution in [3.63, 3.8) is 0 Å². The van der Waals surface area contributed by atoms with E-state index < -0.39 is 0 Å². The van der Waals surface area contributed by atoms with Gasteiger partial charge >= 0.3 is 5.69 Å². The van der Waals surface area contributed by atoms with Gasteiger partial charge in [0.05, 0.1) is 6.61 Å². The van der Waals surface area contributed by atoms with Gasteiger partial charge in [-0.1, -0.05) is 20.8 Å². The van der Waals surface area contributed by atoms with Gasteiger partial charge in [-0.05, 0) is 44.9 Å². The molecule has 0 aliphatic heterocycles. The lowest BCUT2D eigenvalue weighted by Crippen LogP contribution is -2.49. The van der Waals surface area contributed by atoms with Crippen molar-refractivity contribution in [3.05, 3.63) is 32.6 Å². The number of aryl methyl sites for hydroxylation is 1. The minimum atomic E-state index is -0.363. The molecule has 3 atom stereocenters. The van der Waals surface area contributed by atoms with Crippen molar-refractivity contribution in [3.8, 4) is 0 Å². The number of aromatic nitrogens is 2. The fourth-order valence-corrected chi connectivity index (χ4v) is 3.49. The van der Waals surface area contributed by atoms with Gasteiger partial charge < -0.3 is 4.55 Å². The molecule has 1 fully saturated rings. The Morgan fingerprint density at radius 1 is 1.43 bits per heavy atom. The fourth-order valence-electron chi connectivity index (χ4n) is 3.24. The zero-order valence-electron chi connectivity index (χ0n) is 14.6. The van der Waals surface area contributed by atoms with Crippen LogP contribution in [0.5, 0.6) is 0 Å². The van der Waals surface area contributed by atoms with Gasteiger partial charge in [-0.2, -0.15) is 0 Å². The van der Waals surface area contributed by atoms with Gasteiger partial charge in [-0.3, -0.25) is 18.5 Å². The summed E-state index contributed by atoms with van der Waals surface area (Å²) in [5.74, 6) is 0.600. The lowest BCUT2D eigenvalue weighted by Gasteiger charge is -2.44. The maximum atomic E-state index is 12.2. The molecule has 1 saturated carbocycles. The molecule has 0 amide bonds. The quantitative estimate of drug-likeness (QED) is 0.820. The summed E-state index contributed by atoms with van der Waals surface area (Å²) in [6, 6.07) is 0. The first-order chi connectivity index (χ1) is 10.9. The van der Waals surface area contributed by atoms with Crippen LogP contribution in [-0.4, -0.2) is 20.7 Å². The second-order valence-corrected chi connectivity index (χ2v) is 6.59. The summed E-state index contributed by atoms with van der Waals surface area (Å²) in [5.41, 5.74) is -0.524. The third-order valence-corrected chi connectivity index (χ3v) is 5.04. The summed E-state index contributed by atoms with van der Waals surface area (Å²) in [5, 5.41) is 0. The highest BCUT2D eigenvalue weighted by Gasteiger charge is 2.40. The summed E-state index contributed by atoms with van der Waals surface area (Å²) >= 11 is 0.384. The first kappa shape index (κ1) is 20.0. The minimum absolute atomic E-state index is 0.282. The molecule has 1 aromatic heterocycles. The lowest BCUT2D eigenvalue weighted by atomic mass is 9.70. The second-order valence-electron chi connectivity index (χ2n) is 6.21. The minimum Gasteiger partial charge on any atom is -0.307 e. The highest BCUT2D eigenvalue weighted by Crippen LogP contribution is 2.41. The normalized spacial score (nSPS) is 27.2. The highest BCUT2D eigenvalue weighted by atomic mass is 32.2. The predicted octanol–water partition coefficient (Wildman–Crippen LogP) is 3.16. The summed E-state index contributed by atoms with van der Waals surface area (Å²) in [4.78, 5) is 26.1. The van der Waals surface area contributed by atoms with Crippen molar-refractivity contribution in [1.29, 1.82) is 0 Å². The topological polar surface area (TPSA) is 84.3 Å². The molecule has 23 heavy (non-hydrogen) atoms. The smallest absolute Gasteiger partial charge is 0.307 e. The number of hydrogen-bond acceptors (Lipinski definition) is 5. The number of hydrogen-bond donors (Lipinski definition) is 2. The van der Waals surface area contributed by atoms with E-state index in [4.69, 9.17) is 8.74 Å². The fraction of sp³-hybridized carbons (Fsp3) is 0.750. The van der Waals surface area contributed by atoms with Crippen LogP contribution in [0.4, 0.5) is 0 Å². The number of rotatable bonds is 4. The molecule has 3 unspecified atom stereocenters. The van der Waals surface area contributed by atoms with E-state index in [-0.39, 0.29) is 22.7 Å². The molecule has 1 heterocycles. The van der Waals surface area contributed by atoms with E-state index in [1.54, 1.807) is 17.7 Å². The Bertz CT molecular complexity index is 611. The van der Waals surface area contributed by atoms with Crippen molar-refractivity contribution in [1.82, 2.24) is 9.55 Å². The van der Waals surface area contributed by atoms with E-state index >= 15 is 0 Å². The Morgan fingerprint density at radius 3 is 2.70 bits per heavy atom. The van der Waals surface area contributed by atoms with Gasteiger partial charge in [-0.25, -0.2) is 4.79 Å². The molecule has 0 spiro atoms. The van der Waals surface area contributed by atoms with Gasteiger partial charge in [-0.15, -0.1) is 0 Å². The number of nitrogens with zero attached hydrogens (tertiary/aromatic N) is 1. The van der Waals surface area contributed by atoms with Crippen LogP contribution in [0.2, 0.25) is 0 Å². The van der Waals surface area contributed by atoms with Gasteiger partial charge in [0.2, 0.25) is 0 Å². The summed E-state index contributed by atoms with van der Waals surface area (Å²) in [6.45, 7) is 10.3. The zero-order chi connectivity index (χ0) is 17.6. The van der Waals surface area contributed by atoms with Gasteiger partial charge in [0.15, 0.2) is 12.3 Å². The SMILES string of the molecule is CC.Cc1cn(C2(C)CC(COSO)CCC2C)c(=O)[nH]c1=O. The third-order valence-electron chi connectivity index (χ3n) is 4.80. The van der Waals surface area contributed by atoms with Gasteiger partial charge in [0, 0.05) is 17.3 Å². The Kier molecular flexibility index (Phi) is 7.57. The van der Waals surface area contributed by atoms with Crippen LogP contribution in [0.15, 0.2) is 15.8 Å². The van der Waals surface area contributed by atoms with Crippen molar-refractivity contribution >= 4 is 12.3 Å². The number of H-pyrrole nitrogens is 1. The molecule has 6 nitrogen and oxygen atoms in total. The van der Waals surface area contributed by atoms with E-state index in [2.05, 4.69) is 18.8 Å². The average molecular weight is 344 g/mol. The van der Waals surface area contributed by atoms with E-state index in [0.717, 1.165) is 19.3 Å². The van der Waals surface area contributed by atoms with Crippen LogP contribution < -0.4 is 11.2 Å². The summed E-state index contributed by atoms with van der Waals surface area (Å²) in [6.07, 6.45) is 4.42. The second kappa shape index (κ2) is 8.70. The maximum absolute atomic E-state index is 12.2. The highest BCUT2D eigenvalue weighted by molar-refractivity contribution is 7.88. The monoisotopic (exact) mass is 344 g/mol. The molecule has 2 rings (SSSR count). The van der Waals surface area contributed by atoms with E-state index in [1.165, 1.54) is 0 Å². The predicted molar refractivity (Wildman–Crippen MR) is 93.7 cm³/mol. The summed E-state index contributed by atoms with van der Waals surface area (Å²) < 4.78 is 15.4. The summed E-state index contributed by atoms with van der Waals surface area (Å²) in [7, 11) is 0. The van der Waals surface area contributed by atoms with Crippen molar-refractivity contribution in [2.24, 2.45) is 11.8 Å². The molecule has 1 aliphatic carbocycles. The van der Waals surface area contributed by atoms with E-state index in [9.17, 15) is 9.59 Å². The molecule has 2 N–H and O–H groups in total. The molecular weight excluding hydrogens is 316 g/mol.